The second kappa shape index (κ2) is 4.82. The highest BCUT2D eigenvalue weighted by molar-refractivity contribution is 8.15. The van der Waals surface area contributed by atoms with E-state index in [-0.39, 0.29) is 22.8 Å². The van der Waals surface area contributed by atoms with Crippen LogP contribution in [0.4, 0.5) is 5.69 Å². The van der Waals surface area contributed by atoms with Crippen LogP contribution in [-0.4, -0.2) is 43.5 Å². The number of fused-ring (bicyclic) bond motifs is 1. The third-order valence-electron chi connectivity index (χ3n) is 3.50. The molecule has 0 radical (unpaired) electrons. The zero-order valence-electron chi connectivity index (χ0n) is 10.7. The Kier molecular flexibility index (Phi) is 3.38. The average molecular weight is 333 g/mol. The zero-order valence-corrected chi connectivity index (χ0v) is 13.1. The third kappa shape index (κ3) is 2.27. The summed E-state index contributed by atoms with van der Waals surface area (Å²) in [7, 11) is -1.47. The number of nitrogens with zero attached hydrogens (tertiary/aromatic N) is 1. The maximum Gasteiger partial charge on any atom is 0.161 e. The summed E-state index contributed by atoms with van der Waals surface area (Å²) < 4.78 is 28.6. The van der Waals surface area contributed by atoms with Gasteiger partial charge >= 0.3 is 0 Å². The van der Waals surface area contributed by atoms with Crippen LogP contribution in [0.15, 0.2) is 18.2 Å². The lowest BCUT2D eigenvalue weighted by Gasteiger charge is -2.24. The van der Waals surface area contributed by atoms with E-state index in [0.29, 0.717) is 15.9 Å². The average Bonchev–Trinajstić information content (AvgIpc) is 2.79. The molecular formula is C12H13ClN2O3S2. The molecule has 2 atom stereocenters. The Bertz CT molecular complexity index is 677. The molecule has 1 aromatic carbocycles. The Hall–Kier alpha value is -0.920. The van der Waals surface area contributed by atoms with Gasteiger partial charge in [-0.15, -0.1) is 0 Å². The minimum atomic E-state index is -3.01. The zero-order chi connectivity index (χ0) is 14.5. The molecule has 20 heavy (non-hydrogen) atoms. The standard InChI is InChI=1S/C12H13ClN2O3S2/c1-18-10-3-2-7(4-8(10)13)15-9-5-20(16,17)6-11(9)19-12(15)14/h2-4,9,11,14H,5-6H2,1H3/t9-,11+/m0/s1. The van der Waals surface area contributed by atoms with E-state index in [1.807, 2.05) is 0 Å². The van der Waals surface area contributed by atoms with Crippen molar-refractivity contribution in [1.29, 1.82) is 5.41 Å². The summed E-state index contributed by atoms with van der Waals surface area (Å²) in [6.45, 7) is 0. The first-order chi connectivity index (χ1) is 9.41. The van der Waals surface area contributed by atoms with E-state index < -0.39 is 9.84 Å². The van der Waals surface area contributed by atoms with Gasteiger partial charge in [-0.25, -0.2) is 8.42 Å². The Balaban J connectivity index is 1.97. The van der Waals surface area contributed by atoms with Crippen LogP contribution < -0.4 is 9.64 Å². The van der Waals surface area contributed by atoms with Crippen molar-refractivity contribution < 1.29 is 13.2 Å². The highest BCUT2D eigenvalue weighted by atomic mass is 35.5. The molecule has 0 spiro atoms. The topological polar surface area (TPSA) is 70.5 Å². The summed E-state index contributed by atoms with van der Waals surface area (Å²) in [6.07, 6.45) is 0. The molecule has 2 heterocycles. The van der Waals surface area contributed by atoms with Gasteiger partial charge in [0.25, 0.3) is 0 Å². The molecule has 0 amide bonds. The van der Waals surface area contributed by atoms with E-state index >= 15 is 0 Å². The summed E-state index contributed by atoms with van der Waals surface area (Å²) in [5.41, 5.74) is 0.734. The van der Waals surface area contributed by atoms with Gasteiger partial charge in [-0.1, -0.05) is 23.4 Å². The first kappa shape index (κ1) is 14.0. The molecule has 0 unspecified atom stereocenters. The van der Waals surface area contributed by atoms with E-state index in [4.69, 9.17) is 21.7 Å². The lowest BCUT2D eigenvalue weighted by Crippen LogP contribution is -2.37. The molecule has 8 heteroatoms. The molecule has 0 aliphatic carbocycles. The van der Waals surface area contributed by atoms with Crippen LogP contribution in [-0.2, 0) is 9.84 Å². The summed E-state index contributed by atoms with van der Waals surface area (Å²) in [5.74, 6) is 0.798. The monoisotopic (exact) mass is 332 g/mol. The second-order valence-corrected chi connectivity index (χ2v) is 8.58. The van der Waals surface area contributed by atoms with Gasteiger partial charge in [0, 0.05) is 10.9 Å². The van der Waals surface area contributed by atoms with E-state index in [0.717, 1.165) is 5.69 Å². The molecule has 0 bridgehead atoms. The van der Waals surface area contributed by atoms with Crippen molar-refractivity contribution in [3.05, 3.63) is 23.2 Å². The van der Waals surface area contributed by atoms with Crippen molar-refractivity contribution in [3.8, 4) is 5.75 Å². The van der Waals surface area contributed by atoms with Gasteiger partial charge in [0.05, 0.1) is 29.7 Å². The van der Waals surface area contributed by atoms with Gasteiger partial charge in [0.1, 0.15) is 5.75 Å². The normalized spacial score (nSPS) is 27.7. The first-order valence-corrected chi connectivity index (χ1v) is 9.07. The molecule has 0 saturated carbocycles. The van der Waals surface area contributed by atoms with Crippen molar-refractivity contribution >= 4 is 44.1 Å². The predicted molar refractivity (Wildman–Crippen MR) is 82.0 cm³/mol. The fraction of sp³-hybridized carbons (Fsp3) is 0.417. The molecule has 3 rings (SSSR count). The number of ether oxygens (including phenoxy) is 1. The highest BCUT2D eigenvalue weighted by Crippen LogP contribution is 2.41. The van der Waals surface area contributed by atoms with Crippen molar-refractivity contribution in [2.75, 3.05) is 23.5 Å². The molecule has 0 aromatic heterocycles. The second-order valence-electron chi connectivity index (χ2n) is 4.79. The maximum absolute atomic E-state index is 11.7. The van der Waals surface area contributed by atoms with E-state index in [1.54, 1.807) is 23.1 Å². The molecule has 1 N–H and O–H groups in total. The summed E-state index contributed by atoms with van der Waals surface area (Å²) in [5, 5.41) is 8.82. The molecule has 2 fully saturated rings. The van der Waals surface area contributed by atoms with Crippen molar-refractivity contribution in [2.24, 2.45) is 0 Å². The van der Waals surface area contributed by atoms with Crippen molar-refractivity contribution in [3.63, 3.8) is 0 Å². The third-order valence-corrected chi connectivity index (χ3v) is 6.93. The molecule has 108 valence electrons. The number of halogens is 1. The van der Waals surface area contributed by atoms with Gasteiger partial charge in [0.15, 0.2) is 15.0 Å². The van der Waals surface area contributed by atoms with Gasteiger partial charge < -0.3 is 9.64 Å². The summed E-state index contributed by atoms with van der Waals surface area (Å²) in [4.78, 5) is 1.76. The summed E-state index contributed by atoms with van der Waals surface area (Å²) in [6, 6.07) is 5.06. The van der Waals surface area contributed by atoms with Crippen LogP contribution in [0.3, 0.4) is 0 Å². The quantitative estimate of drug-likeness (QED) is 0.897. The smallest absolute Gasteiger partial charge is 0.161 e. The fourth-order valence-electron chi connectivity index (χ4n) is 2.61. The Morgan fingerprint density at radius 1 is 1.45 bits per heavy atom. The number of rotatable bonds is 2. The van der Waals surface area contributed by atoms with E-state index in [9.17, 15) is 8.42 Å². The molecule has 1 aromatic rings. The van der Waals surface area contributed by atoms with Crippen LogP contribution in [0.1, 0.15) is 0 Å². The van der Waals surface area contributed by atoms with Crippen LogP contribution in [0.5, 0.6) is 5.75 Å². The number of benzene rings is 1. The largest absolute Gasteiger partial charge is 0.495 e. The number of amidine groups is 1. The van der Waals surface area contributed by atoms with E-state index in [2.05, 4.69) is 0 Å². The van der Waals surface area contributed by atoms with Crippen LogP contribution in [0.25, 0.3) is 0 Å². The Morgan fingerprint density at radius 2 is 2.20 bits per heavy atom. The number of hydrogen-bond acceptors (Lipinski definition) is 5. The molecule has 2 aliphatic heterocycles. The number of thioether (sulfide) groups is 1. The van der Waals surface area contributed by atoms with E-state index in [1.165, 1.54) is 18.9 Å². The highest BCUT2D eigenvalue weighted by Gasteiger charge is 2.48. The Morgan fingerprint density at radius 3 is 2.85 bits per heavy atom. The number of methoxy groups -OCH3 is 1. The molecule has 5 nitrogen and oxygen atoms in total. The van der Waals surface area contributed by atoms with Gasteiger partial charge in [-0.05, 0) is 18.2 Å². The minimum absolute atomic E-state index is 0.0617. The first-order valence-electron chi connectivity index (χ1n) is 6.00. The number of anilines is 1. The van der Waals surface area contributed by atoms with Crippen LogP contribution in [0.2, 0.25) is 5.02 Å². The molecular weight excluding hydrogens is 320 g/mol. The number of sulfone groups is 1. The van der Waals surface area contributed by atoms with Gasteiger partial charge in [-0.2, -0.15) is 0 Å². The van der Waals surface area contributed by atoms with Crippen molar-refractivity contribution in [1.82, 2.24) is 0 Å². The van der Waals surface area contributed by atoms with Crippen LogP contribution in [0, 0.1) is 5.41 Å². The van der Waals surface area contributed by atoms with Crippen LogP contribution >= 0.6 is 23.4 Å². The SMILES string of the molecule is COc1ccc(N2C(=N)S[C@@H]3CS(=O)(=O)C[C@@H]32)cc1Cl. The fourth-order valence-corrected chi connectivity index (χ4v) is 6.66. The minimum Gasteiger partial charge on any atom is -0.495 e. The maximum atomic E-state index is 11.7. The summed E-state index contributed by atoms with van der Waals surface area (Å²) >= 11 is 7.42. The van der Waals surface area contributed by atoms with Gasteiger partial charge in [0.2, 0.25) is 0 Å². The lowest BCUT2D eigenvalue weighted by atomic mass is 10.2. The van der Waals surface area contributed by atoms with Gasteiger partial charge in [-0.3, -0.25) is 5.41 Å². The molecule has 2 aliphatic rings. The molecule has 2 saturated heterocycles. The van der Waals surface area contributed by atoms with Crippen molar-refractivity contribution in [2.45, 2.75) is 11.3 Å². The lowest BCUT2D eigenvalue weighted by molar-refractivity contribution is 0.415. The number of hydrogen-bond donors (Lipinski definition) is 1. The predicted octanol–water partition coefficient (Wildman–Crippen LogP) is 2.00. The number of nitrogens with one attached hydrogen (secondary N) is 1. The Labute approximate surface area is 126 Å².